The minimum absolute atomic E-state index is 0.701. The predicted octanol–water partition coefficient (Wildman–Crippen LogP) is 6.89. The monoisotopic (exact) mass is 359 g/mol. The van der Waals surface area contributed by atoms with Gasteiger partial charge in [0.25, 0.3) is 0 Å². The quantitative estimate of drug-likeness (QED) is 0.368. The Labute approximate surface area is 158 Å². The standard InChI is InChI=1S/C21H21N5O/c1-2-15-27-21-13-11-20(12-14-21)26-25-19-9-7-18(8-10-19)24-23-17-5-3-16(22)4-6-17/h3-14H,2,15,22H2,1H3. The van der Waals surface area contributed by atoms with Crippen molar-refractivity contribution < 1.29 is 4.74 Å². The molecule has 136 valence electrons. The molecule has 0 bridgehead atoms. The molecule has 0 saturated heterocycles. The van der Waals surface area contributed by atoms with Gasteiger partial charge in [0, 0.05) is 5.69 Å². The molecule has 2 N–H and O–H groups in total. The van der Waals surface area contributed by atoms with Crippen LogP contribution in [-0.4, -0.2) is 6.61 Å². The molecule has 0 fully saturated rings. The van der Waals surface area contributed by atoms with Crippen molar-refractivity contribution in [1.82, 2.24) is 0 Å². The van der Waals surface area contributed by atoms with Crippen LogP contribution in [0.15, 0.2) is 93.3 Å². The summed E-state index contributed by atoms with van der Waals surface area (Å²) in [6.07, 6.45) is 0.983. The second kappa shape index (κ2) is 9.24. The van der Waals surface area contributed by atoms with Crippen LogP contribution in [0.4, 0.5) is 28.4 Å². The van der Waals surface area contributed by atoms with Gasteiger partial charge in [-0.3, -0.25) is 0 Å². The van der Waals surface area contributed by atoms with Gasteiger partial charge in [0.05, 0.1) is 29.4 Å². The van der Waals surface area contributed by atoms with Crippen LogP contribution >= 0.6 is 0 Å². The van der Waals surface area contributed by atoms with Gasteiger partial charge in [-0.25, -0.2) is 0 Å². The number of azo groups is 2. The summed E-state index contributed by atoms with van der Waals surface area (Å²) in [5.41, 5.74) is 9.35. The number of benzene rings is 3. The predicted molar refractivity (Wildman–Crippen MR) is 108 cm³/mol. The number of nitrogen functional groups attached to an aromatic ring is 1. The fourth-order valence-electron chi connectivity index (χ4n) is 2.19. The van der Waals surface area contributed by atoms with Crippen LogP contribution in [-0.2, 0) is 0 Å². The molecular formula is C21H21N5O. The Morgan fingerprint density at radius 1 is 0.630 bits per heavy atom. The first-order valence-electron chi connectivity index (χ1n) is 8.75. The van der Waals surface area contributed by atoms with Crippen LogP contribution in [0.5, 0.6) is 5.75 Å². The van der Waals surface area contributed by atoms with Crippen molar-refractivity contribution in [3.63, 3.8) is 0 Å². The van der Waals surface area contributed by atoms with Crippen molar-refractivity contribution in [2.75, 3.05) is 12.3 Å². The first-order valence-corrected chi connectivity index (χ1v) is 8.75. The van der Waals surface area contributed by atoms with E-state index in [2.05, 4.69) is 27.4 Å². The lowest BCUT2D eigenvalue weighted by molar-refractivity contribution is 0.317. The lowest BCUT2D eigenvalue weighted by Crippen LogP contribution is -1.93. The number of anilines is 1. The van der Waals surface area contributed by atoms with E-state index in [0.717, 1.165) is 34.9 Å². The lowest BCUT2D eigenvalue weighted by Gasteiger charge is -2.03. The van der Waals surface area contributed by atoms with Gasteiger partial charge in [0.1, 0.15) is 5.75 Å². The summed E-state index contributed by atoms with van der Waals surface area (Å²) < 4.78 is 5.55. The Balaban J connectivity index is 1.59. The van der Waals surface area contributed by atoms with Gasteiger partial charge in [-0.05, 0) is 79.2 Å². The van der Waals surface area contributed by atoms with Crippen LogP contribution in [0, 0.1) is 0 Å². The average molecular weight is 359 g/mol. The van der Waals surface area contributed by atoms with Gasteiger partial charge in [-0.2, -0.15) is 20.5 Å². The van der Waals surface area contributed by atoms with Crippen molar-refractivity contribution in [1.29, 1.82) is 0 Å². The molecule has 0 aliphatic rings. The summed E-state index contributed by atoms with van der Waals surface area (Å²) >= 11 is 0. The molecule has 6 nitrogen and oxygen atoms in total. The first-order chi connectivity index (χ1) is 13.2. The smallest absolute Gasteiger partial charge is 0.119 e. The number of rotatable bonds is 7. The van der Waals surface area contributed by atoms with Crippen molar-refractivity contribution in [2.24, 2.45) is 20.5 Å². The minimum atomic E-state index is 0.701. The molecule has 0 aliphatic heterocycles. The zero-order valence-corrected chi connectivity index (χ0v) is 15.1. The molecule has 0 saturated carbocycles. The summed E-state index contributed by atoms with van der Waals surface area (Å²) in [6, 6.07) is 22.1. The highest BCUT2D eigenvalue weighted by atomic mass is 16.5. The van der Waals surface area contributed by atoms with Crippen LogP contribution in [0.1, 0.15) is 13.3 Å². The molecule has 0 aliphatic carbocycles. The highest BCUT2D eigenvalue weighted by Gasteiger charge is 1.96. The molecule has 3 rings (SSSR count). The number of hydrogen-bond donors (Lipinski definition) is 1. The van der Waals surface area contributed by atoms with Crippen molar-refractivity contribution in [3.05, 3.63) is 72.8 Å². The zero-order valence-electron chi connectivity index (χ0n) is 15.1. The Kier molecular flexibility index (Phi) is 6.25. The highest BCUT2D eigenvalue weighted by Crippen LogP contribution is 2.24. The molecule has 3 aromatic carbocycles. The number of nitrogens with zero attached hydrogens (tertiary/aromatic N) is 4. The van der Waals surface area contributed by atoms with E-state index in [1.165, 1.54) is 0 Å². The van der Waals surface area contributed by atoms with Crippen molar-refractivity contribution in [3.8, 4) is 5.75 Å². The molecule has 0 heterocycles. The molecule has 0 radical (unpaired) electrons. The highest BCUT2D eigenvalue weighted by molar-refractivity contribution is 5.50. The summed E-state index contributed by atoms with van der Waals surface area (Å²) in [4.78, 5) is 0. The van der Waals surface area contributed by atoms with Crippen LogP contribution in [0.25, 0.3) is 0 Å². The van der Waals surface area contributed by atoms with E-state index in [1.54, 1.807) is 12.1 Å². The van der Waals surface area contributed by atoms with E-state index in [1.807, 2.05) is 60.7 Å². The number of hydrogen-bond acceptors (Lipinski definition) is 6. The van der Waals surface area contributed by atoms with E-state index in [4.69, 9.17) is 10.5 Å². The zero-order chi connectivity index (χ0) is 18.9. The third-order valence-electron chi connectivity index (χ3n) is 3.61. The Bertz CT molecular complexity index is 901. The maximum atomic E-state index is 5.65. The summed E-state index contributed by atoms with van der Waals surface area (Å²) in [5, 5.41) is 16.8. The molecule has 27 heavy (non-hydrogen) atoms. The van der Waals surface area contributed by atoms with Crippen LogP contribution < -0.4 is 10.5 Å². The van der Waals surface area contributed by atoms with Gasteiger partial charge in [0.15, 0.2) is 0 Å². The largest absolute Gasteiger partial charge is 0.494 e. The maximum absolute atomic E-state index is 5.65. The van der Waals surface area contributed by atoms with Gasteiger partial charge in [-0.1, -0.05) is 6.92 Å². The minimum Gasteiger partial charge on any atom is -0.494 e. The molecule has 0 unspecified atom stereocenters. The molecular weight excluding hydrogens is 338 g/mol. The fourth-order valence-corrected chi connectivity index (χ4v) is 2.19. The number of nitrogens with two attached hydrogens (primary N) is 1. The average Bonchev–Trinajstić information content (AvgIpc) is 2.72. The van der Waals surface area contributed by atoms with E-state index >= 15 is 0 Å². The van der Waals surface area contributed by atoms with Gasteiger partial charge < -0.3 is 10.5 Å². The Morgan fingerprint density at radius 2 is 1.00 bits per heavy atom. The Hall–Kier alpha value is -3.54. The van der Waals surface area contributed by atoms with Crippen molar-refractivity contribution in [2.45, 2.75) is 13.3 Å². The van der Waals surface area contributed by atoms with E-state index in [0.29, 0.717) is 12.3 Å². The topological polar surface area (TPSA) is 84.7 Å². The van der Waals surface area contributed by atoms with E-state index in [-0.39, 0.29) is 0 Å². The first kappa shape index (κ1) is 18.3. The summed E-state index contributed by atoms with van der Waals surface area (Å²) in [7, 11) is 0. The molecule has 0 amide bonds. The normalized spacial score (nSPS) is 11.3. The van der Waals surface area contributed by atoms with Gasteiger partial charge in [0.2, 0.25) is 0 Å². The third kappa shape index (κ3) is 5.74. The molecule has 0 atom stereocenters. The molecule has 0 spiro atoms. The second-order valence-corrected chi connectivity index (χ2v) is 5.85. The molecule has 0 aromatic heterocycles. The molecule has 3 aromatic rings. The Morgan fingerprint density at radius 3 is 1.41 bits per heavy atom. The summed E-state index contributed by atoms with van der Waals surface area (Å²) in [5.74, 6) is 0.839. The third-order valence-corrected chi connectivity index (χ3v) is 3.61. The van der Waals surface area contributed by atoms with Crippen LogP contribution in [0.2, 0.25) is 0 Å². The maximum Gasteiger partial charge on any atom is 0.119 e. The molecule has 6 heteroatoms. The SMILES string of the molecule is CCCOc1ccc(N=Nc2ccc(N=Nc3ccc(N)cc3)cc2)cc1. The lowest BCUT2D eigenvalue weighted by atomic mass is 10.3. The van der Waals surface area contributed by atoms with Crippen LogP contribution in [0.3, 0.4) is 0 Å². The second-order valence-electron chi connectivity index (χ2n) is 5.85. The fraction of sp³-hybridized carbons (Fsp3) is 0.143. The number of ether oxygens (including phenoxy) is 1. The van der Waals surface area contributed by atoms with E-state index in [9.17, 15) is 0 Å². The summed E-state index contributed by atoms with van der Waals surface area (Å²) in [6.45, 7) is 2.79. The van der Waals surface area contributed by atoms with E-state index < -0.39 is 0 Å². The van der Waals surface area contributed by atoms with Crippen molar-refractivity contribution >= 4 is 28.4 Å². The van der Waals surface area contributed by atoms with Gasteiger partial charge >= 0.3 is 0 Å². The van der Waals surface area contributed by atoms with Gasteiger partial charge in [-0.15, -0.1) is 0 Å².